The maximum Gasteiger partial charge on any atom is 0.330 e. The van der Waals surface area contributed by atoms with Crippen molar-refractivity contribution in [3.8, 4) is 0 Å². The molecule has 0 N–H and O–H groups in total. The third-order valence-electron chi connectivity index (χ3n) is 5.46. The summed E-state index contributed by atoms with van der Waals surface area (Å²) in [5.74, 6) is 0.137. The van der Waals surface area contributed by atoms with Gasteiger partial charge in [0.05, 0.1) is 139 Å². The zero-order valence-electron chi connectivity index (χ0n) is 26.6. The Balaban J connectivity index is 3.06. The van der Waals surface area contributed by atoms with Crippen molar-refractivity contribution in [3.63, 3.8) is 0 Å². The van der Waals surface area contributed by atoms with Crippen LogP contribution in [0.4, 0.5) is 0 Å². The van der Waals surface area contributed by atoms with Crippen LogP contribution in [0.15, 0.2) is 12.7 Å². The van der Waals surface area contributed by atoms with Crippen molar-refractivity contribution >= 4 is 5.97 Å². The van der Waals surface area contributed by atoms with Crippen LogP contribution < -0.4 is 0 Å². The second-order valence-electron chi connectivity index (χ2n) is 9.08. The van der Waals surface area contributed by atoms with Crippen LogP contribution in [0.3, 0.4) is 0 Å². The van der Waals surface area contributed by atoms with Crippen molar-refractivity contribution in [2.24, 2.45) is 5.92 Å². The fourth-order valence-electron chi connectivity index (χ4n) is 2.86. The molecule has 0 aliphatic heterocycles. The molecule has 0 fully saturated rings. The van der Waals surface area contributed by atoms with Gasteiger partial charge in [-0.2, -0.15) is 0 Å². The standard InChI is InChI=1S/C30H58O13/c1-4-29(3)28-42-25-24-40-21-20-38-17-16-36-13-12-34-9-8-32-6-7-33-10-11-35-14-15-37-18-19-39-22-23-41-26-27-43-30(31)5-2/h5,29H,2,4,6-28H2,1,3H3. The Bertz CT molecular complexity index is 568. The van der Waals surface area contributed by atoms with E-state index in [0.717, 1.165) is 19.1 Å². The molecular weight excluding hydrogens is 568 g/mol. The summed E-state index contributed by atoms with van der Waals surface area (Å²) in [5, 5.41) is 0. The highest BCUT2D eigenvalue weighted by Crippen LogP contribution is 2.00. The van der Waals surface area contributed by atoms with Crippen LogP contribution in [0, 0.1) is 5.92 Å². The molecule has 0 saturated carbocycles. The van der Waals surface area contributed by atoms with E-state index in [1.165, 1.54) is 0 Å². The van der Waals surface area contributed by atoms with Crippen molar-refractivity contribution < 1.29 is 61.6 Å². The molecule has 0 aromatic rings. The average molecular weight is 627 g/mol. The molecule has 13 nitrogen and oxygen atoms in total. The second-order valence-corrected chi connectivity index (χ2v) is 9.08. The molecular formula is C30H58O13. The van der Waals surface area contributed by atoms with Gasteiger partial charge in [0.2, 0.25) is 0 Å². The summed E-state index contributed by atoms with van der Waals surface area (Å²) < 4.78 is 64.6. The van der Waals surface area contributed by atoms with E-state index in [9.17, 15) is 4.79 Å². The third-order valence-corrected chi connectivity index (χ3v) is 5.46. The molecule has 0 rings (SSSR count). The maximum atomic E-state index is 10.8. The van der Waals surface area contributed by atoms with Gasteiger partial charge in [-0.1, -0.05) is 26.8 Å². The molecule has 0 heterocycles. The van der Waals surface area contributed by atoms with E-state index in [1.807, 2.05) is 0 Å². The summed E-state index contributed by atoms with van der Waals surface area (Å²) in [5.41, 5.74) is 0. The minimum absolute atomic E-state index is 0.200. The molecule has 0 aromatic heterocycles. The first-order valence-corrected chi connectivity index (χ1v) is 15.3. The van der Waals surface area contributed by atoms with Crippen LogP contribution in [0.5, 0.6) is 0 Å². The number of carbonyl (C=O) groups is 1. The van der Waals surface area contributed by atoms with E-state index in [-0.39, 0.29) is 6.61 Å². The largest absolute Gasteiger partial charge is 0.460 e. The molecule has 1 unspecified atom stereocenters. The third kappa shape index (κ3) is 36.9. The van der Waals surface area contributed by atoms with E-state index >= 15 is 0 Å². The molecule has 0 amide bonds. The van der Waals surface area contributed by atoms with Crippen molar-refractivity contribution in [1.82, 2.24) is 0 Å². The normalized spacial score (nSPS) is 12.0. The van der Waals surface area contributed by atoms with Gasteiger partial charge in [-0.05, 0) is 5.92 Å². The van der Waals surface area contributed by atoms with Gasteiger partial charge in [0.15, 0.2) is 0 Å². The summed E-state index contributed by atoms with van der Waals surface area (Å²) in [6.45, 7) is 19.2. The molecule has 0 bridgehead atoms. The van der Waals surface area contributed by atoms with Gasteiger partial charge in [0.25, 0.3) is 0 Å². The lowest BCUT2D eigenvalue weighted by Gasteiger charge is -2.10. The fraction of sp³-hybridized carbons (Fsp3) is 0.900. The summed E-state index contributed by atoms with van der Waals surface area (Å²) in [4.78, 5) is 10.8. The lowest BCUT2D eigenvalue weighted by Crippen LogP contribution is -2.15. The quantitative estimate of drug-likeness (QED) is 0.0567. The molecule has 0 radical (unpaired) electrons. The number of hydrogen-bond acceptors (Lipinski definition) is 13. The van der Waals surface area contributed by atoms with Crippen molar-refractivity contribution in [3.05, 3.63) is 12.7 Å². The van der Waals surface area contributed by atoms with Gasteiger partial charge >= 0.3 is 5.97 Å². The minimum atomic E-state index is -0.458. The van der Waals surface area contributed by atoms with Crippen LogP contribution in [0.25, 0.3) is 0 Å². The Labute approximate surface area is 258 Å². The zero-order chi connectivity index (χ0) is 31.3. The first-order chi connectivity index (χ1) is 21.2. The van der Waals surface area contributed by atoms with Crippen LogP contribution in [0.2, 0.25) is 0 Å². The maximum absolute atomic E-state index is 10.8. The van der Waals surface area contributed by atoms with Crippen LogP contribution in [0.1, 0.15) is 20.3 Å². The molecule has 256 valence electrons. The molecule has 43 heavy (non-hydrogen) atoms. The highest BCUT2D eigenvalue weighted by atomic mass is 16.6. The first-order valence-electron chi connectivity index (χ1n) is 15.3. The van der Waals surface area contributed by atoms with E-state index < -0.39 is 5.97 Å². The predicted octanol–water partition coefficient (Wildman–Crippen LogP) is 1.94. The summed E-state index contributed by atoms with van der Waals surface area (Å²) in [7, 11) is 0. The number of carbonyl (C=O) groups excluding carboxylic acids is 1. The van der Waals surface area contributed by atoms with E-state index in [2.05, 4.69) is 20.4 Å². The molecule has 1 atom stereocenters. The van der Waals surface area contributed by atoms with Gasteiger partial charge in [-0.15, -0.1) is 0 Å². The second kappa shape index (κ2) is 37.0. The van der Waals surface area contributed by atoms with Gasteiger partial charge < -0.3 is 56.8 Å². The summed E-state index contributed by atoms with van der Waals surface area (Å²) >= 11 is 0. The molecule has 0 aliphatic rings. The van der Waals surface area contributed by atoms with Crippen LogP contribution in [-0.4, -0.2) is 158 Å². The van der Waals surface area contributed by atoms with E-state index in [1.54, 1.807) is 0 Å². The van der Waals surface area contributed by atoms with E-state index in [4.69, 9.17) is 56.8 Å². The van der Waals surface area contributed by atoms with Crippen molar-refractivity contribution in [1.29, 1.82) is 0 Å². The predicted molar refractivity (Wildman–Crippen MR) is 160 cm³/mol. The monoisotopic (exact) mass is 626 g/mol. The Morgan fingerprint density at radius 3 is 0.930 bits per heavy atom. The zero-order valence-corrected chi connectivity index (χ0v) is 26.6. The number of rotatable bonds is 37. The molecule has 0 aromatic carbocycles. The Hall–Kier alpha value is -1.23. The van der Waals surface area contributed by atoms with Crippen LogP contribution in [-0.2, 0) is 61.6 Å². The summed E-state index contributed by atoms with van der Waals surface area (Å²) in [6.07, 6.45) is 2.24. The van der Waals surface area contributed by atoms with Gasteiger partial charge in [0.1, 0.15) is 6.61 Å². The number of esters is 1. The number of ether oxygens (including phenoxy) is 12. The molecule has 0 spiro atoms. The minimum Gasteiger partial charge on any atom is -0.460 e. The van der Waals surface area contributed by atoms with Crippen LogP contribution >= 0.6 is 0 Å². The highest BCUT2D eigenvalue weighted by molar-refractivity contribution is 5.81. The molecule has 0 aliphatic carbocycles. The smallest absolute Gasteiger partial charge is 0.330 e. The highest BCUT2D eigenvalue weighted by Gasteiger charge is 1.99. The SMILES string of the molecule is C=CC(=O)OCCOCCOCCOCCOCCOCCOCCOCCOCCOCCOCCOCC(C)CC. The van der Waals surface area contributed by atoms with Crippen molar-refractivity contribution in [2.75, 3.05) is 152 Å². The Morgan fingerprint density at radius 2 is 0.698 bits per heavy atom. The average Bonchev–Trinajstić information content (AvgIpc) is 3.02. The first kappa shape index (κ1) is 41.8. The van der Waals surface area contributed by atoms with Gasteiger partial charge in [0, 0.05) is 12.7 Å². The summed E-state index contributed by atoms with van der Waals surface area (Å²) in [6, 6.07) is 0. The van der Waals surface area contributed by atoms with Crippen molar-refractivity contribution in [2.45, 2.75) is 20.3 Å². The molecule has 0 saturated heterocycles. The Morgan fingerprint density at radius 1 is 0.465 bits per heavy atom. The van der Waals surface area contributed by atoms with Gasteiger partial charge in [-0.3, -0.25) is 0 Å². The lowest BCUT2D eigenvalue weighted by atomic mass is 10.1. The number of hydrogen-bond donors (Lipinski definition) is 0. The molecule has 13 heteroatoms. The fourth-order valence-corrected chi connectivity index (χ4v) is 2.86. The lowest BCUT2D eigenvalue weighted by molar-refractivity contribution is -0.139. The van der Waals surface area contributed by atoms with E-state index in [0.29, 0.717) is 145 Å². The van der Waals surface area contributed by atoms with Gasteiger partial charge in [-0.25, -0.2) is 4.79 Å². The topological polar surface area (TPSA) is 128 Å². The Kier molecular flexibility index (Phi) is 35.9.